The van der Waals surface area contributed by atoms with E-state index in [1.165, 1.54) is 48.5 Å². The minimum atomic E-state index is -3.90. The molecule has 3 rings (SSSR count). The Morgan fingerprint density at radius 1 is 1.17 bits per heavy atom. The maximum atomic E-state index is 13.4. The molecule has 1 fully saturated rings. The lowest BCUT2D eigenvalue weighted by molar-refractivity contribution is 0.0497. The predicted octanol–water partition coefficient (Wildman–Crippen LogP) is 3.64. The van der Waals surface area contributed by atoms with Gasteiger partial charge in [0.1, 0.15) is 16.7 Å². The first-order valence-corrected chi connectivity index (χ1v) is 11.3. The standard InChI is InChI=1S/C21H24ClFN2O4S/c1-20(2,3)29-19(26)25-21(12-24)17(13-4-8-15(23)9-5-13)18(21)30(27,28)16-10-6-14(22)7-11-16/h4-11,17-18H,12,24H2,1-3H3,(H,25,26)/t17-,18-,21+/m0/s1. The molecule has 0 aliphatic heterocycles. The van der Waals surface area contributed by atoms with Crippen molar-refractivity contribution in [1.82, 2.24) is 5.32 Å². The second kappa shape index (κ2) is 7.83. The number of carbonyl (C=O) groups excluding carboxylic acids is 1. The van der Waals surface area contributed by atoms with Crippen molar-refractivity contribution in [2.75, 3.05) is 6.54 Å². The van der Waals surface area contributed by atoms with E-state index in [1.807, 2.05) is 0 Å². The van der Waals surface area contributed by atoms with Crippen molar-refractivity contribution in [2.24, 2.45) is 5.73 Å². The number of rotatable bonds is 5. The lowest BCUT2D eigenvalue weighted by Crippen LogP contribution is -2.49. The Hall–Kier alpha value is -2.16. The van der Waals surface area contributed by atoms with E-state index in [-0.39, 0.29) is 11.4 Å². The quantitative estimate of drug-likeness (QED) is 0.718. The van der Waals surface area contributed by atoms with Gasteiger partial charge < -0.3 is 15.8 Å². The molecule has 2 aromatic rings. The molecular weight excluding hydrogens is 431 g/mol. The van der Waals surface area contributed by atoms with Gasteiger partial charge in [0.2, 0.25) is 0 Å². The number of nitrogens with two attached hydrogens (primary N) is 1. The minimum Gasteiger partial charge on any atom is -0.444 e. The number of benzene rings is 2. The average Bonchev–Trinajstić information content (AvgIpc) is 3.30. The summed E-state index contributed by atoms with van der Waals surface area (Å²) in [7, 11) is -3.90. The van der Waals surface area contributed by atoms with Crippen LogP contribution in [0.15, 0.2) is 53.4 Å². The molecule has 0 unspecified atom stereocenters. The van der Waals surface area contributed by atoms with E-state index in [0.29, 0.717) is 10.6 Å². The van der Waals surface area contributed by atoms with Crippen LogP contribution in [0.25, 0.3) is 0 Å². The van der Waals surface area contributed by atoms with Crippen LogP contribution in [0.5, 0.6) is 0 Å². The Morgan fingerprint density at radius 2 is 1.73 bits per heavy atom. The molecule has 0 aromatic heterocycles. The van der Waals surface area contributed by atoms with Gasteiger partial charge in [0, 0.05) is 17.5 Å². The van der Waals surface area contributed by atoms with Gasteiger partial charge in [-0.05, 0) is 62.7 Å². The first-order valence-electron chi connectivity index (χ1n) is 9.37. The number of hydrogen-bond acceptors (Lipinski definition) is 5. The first kappa shape index (κ1) is 22.5. The summed E-state index contributed by atoms with van der Waals surface area (Å²) in [6.07, 6.45) is -0.770. The Morgan fingerprint density at radius 3 is 2.23 bits per heavy atom. The molecule has 1 aliphatic carbocycles. The Kier molecular flexibility index (Phi) is 5.88. The zero-order valence-corrected chi connectivity index (χ0v) is 18.4. The second-order valence-electron chi connectivity index (χ2n) is 8.32. The number of halogens is 2. The Bertz CT molecular complexity index is 1040. The third kappa shape index (κ3) is 4.31. The summed E-state index contributed by atoms with van der Waals surface area (Å²) >= 11 is 5.89. The average molecular weight is 455 g/mol. The van der Waals surface area contributed by atoms with E-state index in [9.17, 15) is 17.6 Å². The van der Waals surface area contributed by atoms with E-state index < -0.39 is 44.1 Å². The van der Waals surface area contributed by atoms with Crippen LogP contribution in [0.1, 0.15) is 32.3 Å². The molecule has 0 saturated heterocycles. The fourth-order valence-corrected chi connectivity index (χ4v) is 6.18. The van der Waals surface area contributed by atoms with Gasteiger partial charge in [0.05, 0.1) is 10.4 Å². The zero-order chi connectivity index (χ0) is 22.3. The van der Waals surface area contributed by atoms with E-state index in [2.05, 4.69) is 5.32 Å². The number of alkyl carbamates (subject to hydrolysis) is 1. The molecule has 6 nitrogen and oxygen atoms in total. The van der Waals surface area contributed by atoms with E-state index in [1.54, 1.807) is 20.8 Å². The van der Waals surface area contributed by atoms with Crippen LogP contribution in [0.2, 0.25) is 5.02 Å². The van der Waals surface area contributed by atoms with Gasteiger partial charge in [-0.2, -0.15) is 0 Å². The second-order valence-corrected chi connectivity index (χ2v) is 10.8. The van der Waals surface area contributed by atoms with Crippen molar-refractivity contribution < 1.29 is 22.3 Å². The molecule has 3 atom stereocenters. The van der Waals surface area contributed by atoms with Crippen LogP contribution < -0.4 is 11.1 Å². The topological polar surface area (TPSA) is 98.5 Å². The fraction of sp³-hybridized carbons (Fsp3) is 0.381. The number of sulfone groups is 1. The third-order valence-corrected chi connectivity index (χ3v) is 7.58. The van der Waals surface area contributed by atoms with Crippen molar-refractivity contribution in [3.05, 3.63) is 64.9 Å². The molecule has 0 radical (unpaired) electrons. The fourth-order valence-electron chi connectivity index (χ4n) is 3.71. The number of amides is 1. The van der Waals surface area contributed by atoms with Gasteiger partial charge in [-0.25, -0.2) is 17.6 Å². The van der Waals surface area contributed by atoms with Crippen molar-refractivity contribution in [3.63, 3.8) is 0 Å². The van der Waals surface area contributed by atoms with Gasteiger partial charge in [0.25, 0.3) is 0 Å². The molecule has 0 bridgehead atoms. The maximum absolute atomic E-state index is 13.4. The summed E-state index contributed by atoms with van der Waals surface area (Å²) in [5.41, 5.74) is 4.49. The van der Waals surface area contributed by atoms with Gasteiger partial charge in [-0.1, -0.05) is 23.7 Å². The van der Waals surface area contributed by atoms with Crippen LogP contribution in [-0.2, 0) is 14.6 Å². The lowest BCUT2D eigenvalue weighted by atomic mass is 10.1. The summed E-state index contributed by atoms with van der Waals surface area (Å²) in [6, 6.07) is 11.3. The summed E-state index contributed by atoms with van der Waals surface area (Å²) in [6.45, 7) is 4.96. The highest BCUT2D eigenvalue weighted by atomic mass is 35.5. The lowest BCUT2D eigenvalue weighted by Gasteiger charge is -2.24. The normalized spacial score (nSPS) is 23.7. The highest BCUT2D eigenvalue weighted by Gasteiger charge is 2.71. The molecule has 0 heterocycles. The van der Waals surface area contributed by atoms with Gasteiger partial charge in [-0.15, -0.1) is 0 Å². The molecule has 1 saturated carbocycles. The molecule has 30 heavy (non-hydrogen) atoms. The van der Waals surface area contributed by atoms with Crippen LogP contribution in [-0.4, -0.2) is 37.4 Å². The van der Waals surface area contributed by atoms with Crippen LogP contribution in [0.4, 0.5) is 9.18 Å². The predicted molar refractivity (Wildman–Crippen MR) is 113 cm³/mol. The minimum absolute atomic E-state index is 0.0605. The van der Waals surface area contributed by atoms with Crippen LogP contribution in [0.3, 0.4) is 0 Å². The van der Waals surface area contributed by atoms with Gasteiger partial charge in [-0.3, -0.25) is 0 Å². The highest BCUT2D eigenvalue weighted by Crippen LogP contribution is 2.57. The number of nitrogens with one attached hydrogen (secondary N) is 1. The largest absolute Gasteiger partial charge is 0.444 e. The molecule has 1 aliphatic rings. The van der Waals surface area contributed by atoms with Crippen molar-refractivity contribution in [2.45, 2.75) is 48.0 Å². The van der Waals surface area contributed by atoms with Crippen molar-refractivity contribution in [3.8, 4) is 0 Å². The monoisotopic (exact) mass is 454 g/mol. The Balaban J connectivity index is 2.03. The summed E-state index contributed by atoms with van der Waals surface area (Å²) < 4.78 is 45.6. The number of ether oxygens (including phenoxy) is 1. The third-order valence-electron chi connectivity index (χ3n) is 5.03. The van der Waals surface area contributed by atoms with Crippen molar-refractivity contribution in [1.29, 1.82) is 0 Å². The molecule has 9 heteroatoms. The molecular formula is C21H24ClFN2O4S. The van der Waals surface area contributed by atoms with Gasteiger partial charge >= 0.3 is 6.09 Å². The highest BCUT2D eigenvalue weighted by molar-refractivity contribution is 7.92. The molecule has 0 spiro atoms. The maximum Gasteiger partial charge on any atom is 0.408 e. The van der Waals surface area contributed by atoms with Crippen LogP contribution >= 0.6 is 11.6 Å². The Labute approximate surface area is 180 Å². The summed E-state index contributed by atoms with van der Waals surface area (Å²) in [4.78, 5) is 12.6. The van der Waals surface area contributed by atoms with E-state index in [0.717, 1.165) is 0 Å². The van der Waals surface area contributed by atoms with E-state index >= 15 is 0 Å². The van der Waals surface area contributed by atoms with Gasteiger partial charge in [0.15, 0.2) is 9.84 Å². The molecule has 1 amide bonds. The SMILES string of the molecule is CC(C)(C)OC(=O)N[C@]1(CN)[C@@H](c2ccc(F)cc2)[C@@H]1S(=O)(=O)c1ccc(Cl)cc1. The first-order chi connectivity index (χ1) is 13.9. The smallest absolute Gasteiger partial charge is 0.408 e. The zero-order valence-electron chi connectivity index (χ0n) is 16.9. The number of carbonyl (C=O) groups is 1. The summed E-state index contributed by atoms with van der Waals surface area (Å²) in [5.74, 6) is -1.12. The molecule has 162 valence electrons. The van der Waals surface area contributed by atoms with E-state index in [4.69, 9.17) is 22.1 Å². The molecule has 2 aromatic carbocycles. The number of hydrogen-bond donors (Lipinski definition) is 2. The summed E-state index contributed by atoms with van der Waals surface area (Å²) in [5, 5.41) is 2.04. The molecule has 3 N–H and O–H groups in total. The van der Waals surface area contributed by atoms with Crippen LogP contribution in [0, 0.1) is 5.82 Å². The van der Waals surface area contributed by atoms with Crippen molar-refractivity contribution >= 4 is 27.5 Å².